The number of hydrogen-bond donors (Lipinski definition) is 1. The van der Waals surface area contributed by atoms with Crippen LogP contribution in [-0.4, -0.2) is 77.1 Å². The molecule has 1 atom stereocenters. The molecule has 1 saturated heterocycles. The van der Waals surface area contributed by atoms with Crippen LogP contribution in [0.3, 0.4) is 0 Å². The Bertz CT molecular complexity index is 518. The molecule has 1 heterocycles. The SMILES string of the molecule is CCS(=O)(=O)C1CSCCN1C(=O)N(C)C(C)(C)C(=O)O. The van der Waals surface area contributed by atoms with Crippen molar-refractivity contribution in [3.63, 3.8) is 0 Å². The standard InChI is InChI=1S/C12H22N2O5S2/c1-5-21(18,19)9-8-20-7-6-14(9)11(17)13(4)12(2,3)10(15)16/h9H,5-8H2,1-4H3,(H,15,16). The van der Waals surface area contributed by atoms with Crippen LogP contribution >= 0.6 is 11.8 Å². The van der Waals surface area contributed by atoms with Gasteiger partial charge in [-0.15, -0.1) is 0 Å². The first kappa shape index (κ1) is 18.1. The number of thioether (sulfide) groups is 1. The Labute approximate surface area is 129 Å². The molecule has 0 aromatic heterocycles. The zero-order valence-electron chi connectivity index (χ0n) is 12.7. The Morgan fingerprint density at radius 1 is 1.43 bits per heavy atom. The monoisotopic (exact) mass is 338 g/mol. The predicted molar refractivity (Wildman–Crippen MR) is 82.2 cm³/mol. The van der Waals surface area contributed by atoms with E-state index in [1.165, 1.54) is 37.6 Å². The van der Waals surface area contributed by atoms with Crippen molar-refractivity contribution in [3.8, 4) is 0 Å². The number of sulfone groups is 1. The number of carboxylic acids is 1. The molecule has 122 valence electrons. The third-order valence-electron chi connectivity index (χ3n) is 3.80. The molecule has 0 aliphatic carbocycles. The van der Waals surface area contributed by atoms with Crippen molar-refractivity contribution in [3.05, 3.63) is 0 Å². The summed E-state index contributed by atoms with van der Waals surface area (Å²) in [5, 5.41) is 8.31. The van der Waals surface area contributed by atoms with Gasteiger partial charge in [-0.3, -0.25) is 0 Å². The molecule has 21 heavy (non-hydrogen) atoms. The quantitative estimate of drug-likeness (QED) is 0.811. The molecule has 1 unspecified atom stereocenters. The minimum Gasteiger partial charge on any atom is -0.480 e. The second-order valence-electron chi connectivity index (χ2n) is 5.38. The number of likely N-dealkylation sites (N-methyl/N-ethyl adjacent to an activating group) is 1. The van der Waals surface area contributed by atoms with Gasteiger partial charge in [-0.2, -0.15) is 11.8 Å². The van der Waals surface area contributed by atoms with Crippen LogP contribution in [0.15, 0.2) is 0 Å². The number of carboxylic acid groups (broad SMARTS) is 1. The van der Waals surface area contributed by atoms with Crippen LogP contribution in [-0.2, 0) is 14.6 Å². The average Bonchev–Trinajstić information content (AvgIpc) is 2.45. The molecule has 0 spiro atoms. The van der Waals surface area contributed by atoms with Crippen molar-refractivity contribution in [1.29, 1.82) is 0 Å². The molecule has 2 amide bonds. The molecule has 0 saturated carbocycles. The van der Waals surface area contributed by atoms with Gasteiger partial charge in [0.1, 0.15) is 10.9 Å². The number of urea groups is 1. The summed E-state index contributed by atoms with van der Waals surface area (Å²) in [4.78, 5) is 26.2. The number of carbonyl (C=O) groups is 2. The molecular weight excluding hydrogens is 316 g/mol. The maximum atomic E-state index is 12.5. The Kier molecular flexibility index (Phi) is 5.54. The number of rotatable bonds is 4. The molecule has 1 fully saturated rings. The van der Waals surface area contributed by atoms with Gasteiger partial charge >= 0.3 is 12.0 Å². The molecule has 1 rings (SSSR count). The normalized spacial score (nSPS) is 20.2. The van der Waals surface area contributed by atoms with E-state index in [4.69, 9.17) is 0 Å². The highest BCUT2D eigenvalue weighted by Crippen LogP contribution is 2.24. The lowest BCUT2D eigenvalue weighted by Crippen LogP contribution is -2.60. The summed E-state index contributed by atoms with van der Waals surface area (Å²) < 4.78 is 24.3. The molecule has 0 aromatic carbocycles. The molecule has 9 heteroatoms. The second-order valence-corrected chi connectivity index (χ2v) is 8.98. The number of aliphatic carboxylic acids is 1. The van der Waals surface area contributed by atoms with E-state index in [-0.39, 0.29) is 5.75 Å². The van der Waals surface area contributed by atoms with Crippen LogP contribution in [0.2, 0.25) is 0 Å². The van der Waals surface area contributed by atoms with Crippen molar-refractivity contribution < 1.29 is 23.1 Å². The second kappa shape index (κ2) is 6.43. The molecular formula is C12H22N2O5S2. The Hall–Kier alpha value is -0.960. The minimum absolute atomic E-state index is 0.0476. The van der Waals surface area contributed by atoms with Crippen LogP contribution < -0.4 is 0 Å². The third-order valence-corrected chi connectivity index (χ3v) is 7.08. The van der Waals surface area contributed by atoms with Gasteiger partial charge in [0.2, 0.25) is 0 Å². The van der Waals surface area contributed by atoms with Gasteiger partial charge in [-0.1, -0.05) is 6.92 Å². The van der Waals surface area contributed by atoms with E-state index in [1.54, 1.807) is 6.92 Å². The molecule has 1 aliphatic rings. The molecule has 7 nitrogen and oxygen atoms in total. The summed E-state index contributed by atoms with van der Waals surface area (Å²) in [5.41, 5.74) is -1.40. The zero-order chi connectivity index (χ0) is 16.4. The van der Waals surface area contributed by atoms with Gasteiger partial charge < -0.3 is 14.9 Å². The molecule has 1 N–H and O–H groups in total. The number of carbonyl (C=O) groups excluding carboxylic acids is 1. The summed E-state index contributed by atoms with van der Waals surface area (Å²) in [5.74, 6) is -0.222. The average molecular weight is 338 g/mol. The molecule has 1 aliphatic heterocycles. The van der Waals surface area contributed by atoms with Gasteiger partial charge in [0.25, 0.3) is 0 Å². The van der Waals surface area contributed by atoms with Crippen LogP contribution in [0.1, 0.15) is 20.8 Å². The Morgan fingerprint density at radius 3 is 2.48 bits per heavy atom. The van der Waals surface area contributed by atoms with E-state index in [1.807, 2.05) is 0 Å². The fourth-order valence-electron chi connectivity index (χ4n) is 1.86. The third kappa shape index (κ3) is 3.63. The highest BCUT2D eigenvalue weighted by Gasteiger charge is 2.42. The van der Waals surface area contributed by atoms with Gasteiger partial charge in [-0.25, -0.2) is 18.0 Å². The fourth-order valence-corrected chi connectivity index (χ4v) is 4.83. The summed E-state index contributed by atoms with van der Waals surface area (Å²) in [7, 11) is -2.02. The van der Waals surface area contributed by atoms with Gasteiger partial charge in [-0.05, 0) is 13.8 Å². The lowest BCUT2D eigenvalue weighted by molar-refractivity contribution is -0.147. The van der Waals surface area contributed by atoms with Crippen molar-refractivity contribution >= 4 is 33.6 Å². The van der Waals surface area contributed by atoms with E-state index in [2.05, 4.69) is 0 Å². The minimum atomic E-state index is -3.40. The van der Waals surface area contributed by atoms with Gasteiger partial charge in [0.05, 0.1) is 0 Å². The predicted octanol–water partition coefficient (Wildman–Crippen LogP) is 0.711. The van der Waals surface area contributed by atoms with E-state index >= 15 is 0 Å². The van der Waals surface area contributed by atoms with E-state index in [0.29, 0.717) is 18.1 Å². The number of hydrogen-bond acceptors (Lipinski definition) is 5. The summed E-state index contributed by atoms with van der Waals surface area (Å²) in [6.45, 7) is 4.67. The van der Waals surface area contributed by atoms with Gasteiger partial charge in [0.15, 0.2) is 9.84 Å². The van der Waals surface area contributed by atoms with E-state index < -0.39 is 32.8 Å². The number of nitrogens with zero attached hydrogens (tertiary/aromatic N) is 2. The van der Waals surface area contributed by atoms with Crippen LogP contribution in [0.25, 0.3) is 0 Å². The largest absolute Gasteiger partial charge is 0.480 e. The zero-order valence-corrected chi connectivity index (χ0v) is 14.3. The summed E-state index contributed by atoms with van der Waals surface area (Å²) in [6.07, 6.45) is 0. The summed E-state index contributed by atoms with van der Waals surface area (Å²) >= 11 is 1.48. The maximum Gasteiger partial charge on any atom is 0.329 e. The first-order chi connectivity index (χ1) is 9.55. The first-order valence-corrected chi connectivity index (χ1v) is 9.49. The number of amides is 2. The van der Waals surface area contributed by atoms with Crippen molar-refractivity contribution in [2.75, 3.05) is 30.9 Å². The van der Waals surface area contributed by atoms with Gasteiger partial charge in [0, 0.05) is 30.9 Å². The van der Waals surface area contributed by atoms with Crippen LogP contribution in [0.5, 0.6) is 0 Å². The maximum absolute atomic E-state index is 12.5. The lowest BCUT2D eigenvalue weighted by Gasteiger charge is -2.40. The highest BCUT2D eigenvalue weighted by atomic mass is 32.2. The Morgan fingerprint density at radius 2 is 2.00 bits per heavy atom. The lowest BCUT2D eigenvalue weighted by atomic mass is 10.0. The highest BCUT2D eigenvalue weighted by molar-refractivity contribution is 8.01. The van der Waals surface area contributed by atoms with Crippen LogP contribution in [0, 0.1) is 0 Å². The fraction of sp³-hybridized carbons (Fsp3) is 0.833. The topological polar surface area (TPSA) is 95.0 Å². The summed E-state index contributed by atoms with van der Waals surface area (Å²) in [6, 6.07) is -0.565. The Balaban J connectivity index is 3.06. The van der Waals surface area contributed by atoms with Crippen LogP contribution in [0.4, 0.5) is 4.79 Å². The first-order valence-electron chi connectivity index (χ1n) is 6.62. The molecule has 0 bridgehead atoms. The van der Waals surface area contributed by atoms with Crippen molar-refractivity contribution in [2.45, 2.75) is 31.7 Å². The van der Waals surface area contributed by atoms with Crippen molar-refractivity contribution in [1.82, 2.24) is 9.80 Å². The van der Waals surface area contributed by atoms with Crippen molar-refractivity contribution in [2.24, 2.45) is 0 Å². The molecule has 0 radical (unpaired) electrons. The molecule has 0 aromatic rings. The van der Waals surface area contributed by atoms with E-state index in [9.17, 15) is 23.1 Å². The smallest absolute Gasteiger partial charge is 0.329 e. The van der Waals surface area contributed by atoms with E-state index in [0.717, 1.165) is 4.90 Å².